The average molecular weight is 348 g/mol. The van der Waals surface area contributed by atoms with Crippen LogP contribution < -0.4 is 0 Å². The zero-order valence-electron chi connectivity index (χ0n) is 15.7. The van der Waals surface area contributed by atoms with E-state index in [0.29, 0.717) is 0 Å². The molecule has 0 aromatic carbocycles. The summed E-state index contributed by atoms with van der Waals surface area (Å²) >= 11 is 0. The largest absolute Gasteiger partial charge is 0.304 e. The molecule has 0 saturated carbocycles. The van der Waals surface area contributed by atoms with Crippen LogP contribution in [0.15, 0.2) is 49.6 Å². The highest BCUT2D eigenvalue weighted by molar-refractivity contribution is 5.47. The SMILES string of the molecule is CC(C)(CCC(C)(C)c1cncc2nccn12)c1nccn2ccnc12. The van der Waals surface area contributed by atoms with Crippen molar-refractivity contribution in [3.05, 3.63) is 61.0 Å². The highest BCUT2D eigenvalue weighted by Gasteiger charge is 2.31. The summed E-state index contributed by atoms with van der Waals surface area (Å²) in [5.41, 5.74) is 3.93. The van der Waals surface area contributed by atoms with Gasteiger partial charge in [-0.3, -0.25) is 9.97 Å². The van der Waals surface area contributed by atoms with Gasteiger partial charge in [-0.25, -0.2) is 9.97 Å². The maximum Gasteiger partial charge on any atom is 0.159 e. The molecular formula is C20H24N6. The Balaban J connectivity index is 1.63. The van der Waals surface area contributed by atoms with Crippen LogP contribution in [0.2, 0.25) is 0 Å². The van der Waals surface area contributed by atoms with E-state index in [1.165, 1.54) is 5.69 Å². The zero-order valence-corrected chi connectivity index (χ0v) is 15.7. The number of fused-ring (bicyclic) bond motifs is 2. The van der Waals surface area contributed by atoms with Crippen molar-refractivity contribution in [3.63, 3.8) is 0 Å². The van der Waals surface area contributed by atoms with Crippen molar-refractivity contribution in [2.24, 2.45) is 0 Å². The Hall–Kier alpha value is -2.76. The van der Waals surface area contributed by atoms with Crippen molar-refractivity contribution >= 4 is 11.3 Å². The molecule has 0 aliphatic rings. The Kier molecular flexibility index (Phi) is 3.79. The van der Waals surface area contributed by atoms with Crippen molar-refractivity contribution in [1.82, 2.24) is 28.7 Å². The summed E-state index contributed by atoms with van der Waals surface area (Å²) < 4.78 is 4.17. The lowest BCUT2D eigenvalue weighted by Gasteiger charge is -2.31. The average Bonchev–Trinajstić information content (AvgIpc) is 3.28. The Morgan fingerprint density at radius 3 is 2.31 bits per heavy atom. The second kappa shape index (κ2) is 5.90. The lowest BCUT2D eigenvalue weighted by molar-refractivity contribution is 0.362. The molecule has 0 amide bonds. The highest BCUT2D eigenvalue weighted by atomic mass is 15.0. The van der Waals surface area contributed by atoms with Gasteiger partial charge in [0.25, 0.3) is 0 Å². The van der Waals surface area contributed by atoms with E-state index in [2.05, 4.69) is 52.0 Å². The molecule has 0 unspecified atom stereocenters. The van der Waals surface area contributed by atoms with Gasteiger partial charge < -0.3 is 8.80 Å². The van der Waals surface area contributed by atoms with Gasteiger partial charge in [0.2, 0.25) is 0 Å². The molecule has 0 fully saturated rings. The van der Waals surface area contributed by atoms with Crippen LogP contribution in [0.1, 0.15) is 51.9 Å². The Labute approximate surface area is 153 Å². The van der Waals surface area contributed by atoms with Crippen LogP contribution in [-0.4, -0.2) is 28.7 Å². The molecule has 0 spiro atoms. The topological polar surface area (TPSA) is 60.4 Å². The molecule has 4 aromatic rings. The van der Waals surface area contributed by atoms with Gasteiger partial charge in [0.15, 0.2) is 11.3 Å². The first-order chi connectivity index (χ1) is 12.4. The fourth-order valence-electron chi connectivity index (χ4n) is 3.55. The molecule has 0 atom stereocenters. The number of hydrogen-bond donors (Lipinski definition) is 0. The van der Waals surface area contributed by atoms with Gasteiger partial charge in [0.1, 0.15) is 0 Å². The number of rotatable bonds is 5. The van der Waals surface area contributed by atoms with Crippen molar-refractivity contribution in [1.29, 1.82) is 0 Å². The van der Waals surface area contributed by atoms with E-state index in [1.54, 1.807) is 6.20 Å². The fraction of sp³-hybridized carbons (Fsp3) is 0.400. The number of aromatic nitrogens is 6. The van der Waals surface area contributed by atoms with Crippen LogP contribution in [0.4, 0.5) is 0 Å². The third-order valence-corrected chi connectivity index (χ3v) is 5.34. The molecule has 0 aliphatic heterocycles. The van der Waals surface area contributed by atoms with Crippen molar-refractivity contribution in [3.8, 4) is 0 Å². The molecule has 6 heteroatoms. The van der Waals surface area contributed by atoms with E-state index >= 15 is 0 Å². The molecule has 0 saturated heterocycles. The molecule has 0 bridgehead atoms. The highest BCUT2D eigenvalue weighted by Crippen LogP contribution is 2.36. The quantitative estimate of drug-likeness (QED) is 0.550. The van der Waals surface area contributed by atoms with Crippen molar-refractivity contribution < 1.29 is 0 Å². The van der Waals surface area contributed by atoms with Crippen LogP contribution >= 0.6 is 0 Å². The van der Waals surface area contributed by atoms with Crippen LogP contribution in [0.5, 0.6) is 0 Å². The van der Waals surface area contributed by atoms with E-state index in [9.17, 15) is 0 Å². The summed E-state index contributed by atoms with van der Waals surface area (Å²) in [6.45, 7) is 9.03. The smallest absolute Gasteiger partial charge is 0.159 e. The van der Waals surface area contributed by atoms with Gasteiger partial charge in [0.05, 0.1) is 11.9 Å². The first-order valence-electron chi connectivity index (χ1n) is 8.94. The van der Waals surface area contributed by atoms with Gasteiger partial charge in [-0.15, -0.1) is 0 Å². The maximum atomic E-state index is 4.65. The molecular weight excluding hydrogens is 324 g/mol. The number of nitrogens with zero attached hydrogens (tertiary/aromatic N) is 6. The summed E-state index contributed by atoms with van der Waals surface area (Å²) in [7, 11) is 0. The number of imidazole rings is 2. The maximum absolute atomic E-state index is 4.65. The lowest BCUT2D eigenvalue weighted by atomic mass is 9.76. The third-order valence-electron chi connectivity index (χ3n) is 5.34. The first-order valence-corrected chi connectivity index (χ1v) is 8.94. The lowest BCUT2D eigenvalue weighted by Crippen LogP contribution is -2.27. The summed E-state index contributed by atoms with van der Waals surface area (Å²) in [5, 5.41) is 0. The first kappa shape index (κ1) is 16.7. The van der Waals surface area contributed by atoms with E-state index in [1.807, 2.05) is 47.8 Å². The van der Waals surface area contributed by atoms with Crippen molar-refractivity contribution in [2.45, 2.75) is 51.4 Å². The normalized spacial score (nSPS) is 12.9. The van der Waals surface area contributed by atoms with Gasteiger partial charge in [-0.05, 0) is 12.8 Å². The monoisotopic (exact) mass is 348 g/mol. The van der Waals surface area contributed by atoms with Crippen LogP contribution in [0, 0.1) is 0 Å². The second-order valence-corrected chi connectivity index (χ2v) is 8.15. The predicted octanol–water partition coefficient (Wildman–Crippen LogP) is 3.81. The van der Waals surface area contributed by atoms with E-state index in [4.69, 9.17) is 0 Å². The minimum absolute atomic E-state index is 0.0367. The summed E-state index contributed by atoms with van der Waals surface area (Å²) in [6.07, 6.45) is 17.2. The zero-order chi connectivity index (χ0) is 18.4. The Morgan fingerprint density at radius 1 is 0.808 bits per heavy atom. The second-order valence-electron chi connectivity index (χ2n) is 8.15. The minimum atomic E-state index is -0.0819. The van der Waals surface area contributed by atoms with Gasteiger partial charge in [0, 0.05) is 59.9 Å². The molecule has 0 N–H and O–H groups in total. The summed E-state index contributed by atoms with van der Waals surface area (Å²) in [5.74, 6) is 0. The van der Waals surface area contributed by atoms with Gasteiger partial charge >= 0.3 is 0 Å². The molecule has 4 aromatic heterocycles. The third kappa shape index (κ3) is 2.75. The van der Waals surface area contributed by atoms with Crippen molar-refractivity contribution in [2.75, 3.05) is 0 Å². The molecule has 4 rings (SSSR count). The molecule has 134 valence electrons. The molecule has 4 heterocycles. The molecule has 26 heavy (non-hydrogen) atoms. The molecule has 0 radical (unpaired) electrons. The van der Waals surface area contributed by atoms with E-state index in [0.717, 1.165) is 29.8 Å². The van der Waals surface area contributed by atoms with Crippen LogP contribution in [-0.2, 0) is 10.8 Å². The predicted molar refractivity (Wildman–Crippen MR) is 101 cm³/mol. The Bertz CT molecular complexity index is 970. The van der Waals surface area contributed by atoms with E-state index < -0.39 is 0 Å². The van der Waals surface area contributed by atoms with Crippen LogP contribution in [0.3, 0.4) is 0 Å². The molecule has 0 aliphatic carbocycles. The number of hydrogen-bond acceptors (Lipinski definition) is 4. The summed E-state index contributed by atoms with van der Waals surface area (Å²) in [4.78, 5) is 17.9. The molecule has 6 nitrogen and oxygen atoms in total. The van der Waals surface area contributed by atoms with Gasteiger partial charge in [-0.2, -0.15) is 0 Å². The van der Waals surface area contributed by atoms with E-state index in [-0.39, 0.29) is 10.8 Å². The Morgan fingerprint density at radius 2 is 1.50 bits per heavy atom. The standard InChI is InChI=1S/C20H24N6/c1-19(2,15-13-21-14-16-22-9-12-26(15)16)5-6-20(3,4)17-18-24-8-11-25(18)10-7-23-17/h7-14H,5-6H2,1-4H3. The van der Waals surface area contributed by atoms with Gasteiger partial charge in [-0.1, -0.05) is 27.7 Å². The minimum Gasteiger partial charge on any atom is -0.304 e. The summed E-state index contributed by atoms with van der Waals surface area (Å²) in [6, 6.07) is 0. The van der Waals surface area contributed by atoms with Crippen LogP contribution in [0.25, 0.3) is 11.3 Å². The fourth-order valence-corrected chi connectivity index (χ4v) is 3.55.